The highest BCUT2D eigenvalue weighted by atomic mass is 16.6. The van der Waals surface area contributed by atoms with Crippen molar-refractivity contribution in [2.75, 3.05) is 0 Å². The molecule has 21 heavy (non-hydrogen) atoms. The molecule has 1 aliphatic heterocycles. The Balaban J connectivity index is 1.94. The molecule has 0 amide bonds. The van der Waals surface area contributed by atoms with Crippen LogP contribution in [0.5, 0.6) is 0 Å². The molecule has 114 valence electrons. The van der Waals surface area contributed by atoms with E-state index in [-0.39, 0.29) is 30.7 Å². The Bertz CT molecular complexity index is 501. The maximum Gasteiger partial charge on any atom is 0.308 e. The van der Waals surface area contributed by atoms with Gasteiger partial charge < -0.3 is 9.47 Å². The lowest BCUT2D eigenvalue weighted by Crippen LogP contribution is -2.31. The zero-order valence-corrected chi connectivity index (χ0v) is 12.8. The van der Waals surface area contributed by atoms with E-state index in [1.165, 1.54) is 0 Å². The zero-order valence-electron chi connectivity index (χ0n) is 12.8. The molecule has 0 unspecified atom stereocenters. The zero-order chi connectivity index (χ0) is 15.5. The molecule has 0 bridgehead atoms. The maximum absolute atomic E-state index is 12.1. The van der Waals surface area contributed by atoms with Crippen molar-refractivity contribution in [1.29, 1.82) is 0 Å². The first kappa shape index (κ1) is 15.7. The van der Waals surface area contributed by atoms with Crippen LogP contribution in [-0.4, -0.2) is 24.0 Å². The van der Waals surface area contributed by atoms with Crippen LogP contribution in [-0.2, 0) is 25.7 Å². The Morgan fingerprint density at radius 3 is 2.57 bits per heavy atom. The molecule has 0 N–H and O–H groups in total. The van der Waals surface area contributed by atoms with Crippen molar-refractivity contribution in [3.05, 3.63) is 35.9 Å². The van der Waals surface area contributed by atoms with Gasteiger partial charge in [-0.3, -0.25) is 9.59 Å². The van der Waals surface area contributed by atoms with Gasteiger partial charge in [0.15, 0.2) is 0 Å². The van der Waals surface area contributed by atoms with E-state index in [1.807, 2.05) is 51.1 Å². The first-order valence-corrected chi connectivity index (χ1v) is 7.24. The summed E-state index contributed by atoms with van der Waals surface area (Å²) in [7, 11) is 0. The fourth-order valence-corrected chi connectivity index (χ4v) is 2.19. The van der Waals surface area contributed by atoms with E-state index in [0.717, 1.165) is 5.56 Å². The largest absolute Gasteiger partial charge is 0.459 e. The van der Waals surface area contributed by atoms with Crippen LogP contribution in [0.15, 0.2) is 30.3 Å². The van der Waals surface area contributed by atoms with Gasteiger partial charge in [0.1, 0.15) is 18.0 Å². The molecular formula is C17H22O4. The summed E-state index contributed by atoms with van der Waals surface area (Å²) in [5, 5.41) is 0. The number of hydrogen-bond acceptors (Lipinski definition) is 4. The number of rotatable bonds is 5. The summed E-state index contributed by atoms with van der Waals surface area (Å²) >= 11 is 0. The van der Waals surface area contributed by atoms with E-state index in [0.29, 0.717) is 6.61 Å². The SMILES string of the molecule is CC(C)(C)C(=O)C[C@H]1OC(=O)C[C@@H]1OCc1ccccc1. The average molecular weight is 290 g/mol. The number of ether oxygens (including phenoxy) is 2. The third-order valence-corrected chi connectivity index (χ3v) is 3.60. The lowest BCUT2D eigenvalue weighted by molar-refractivity contribution is -0.144. The molecule has 1 saturated heterocycles. The number of cyclic esters (lactones) is 1. The molecule has 1 fully saturated rings. The number of Topliss-reactive ketones (excluding diaryl/α,β-unsaturated/α-hetero) is 1. The Labute approximate surface area is 125 Å². The van der Waals surface area contributed by atoms with Gasteiger partial charge in [-0.25, -0.2) is 0 Å². The van der Waals surface area contributed by atoms with Gasteiger partial charge in [0, 0.05) is 11.8 Å². The third kappa shape index (κ3) is 4.39. The summed E-state index contributed by atoms with van der Waals surface area (Å²) in [6.07, 6.45) is -0.374. The van der Waals surface area contributed by atoms with Crippen LogP contribution in [0.4, 0.5) is 0 Å². The van der Waals surface area contributed by atoms with E-state index in [2.05, 4.69) is 0 Å². The van der Waals surface area contributed by atoms with Gasteiger partial charge in [0.25, 0.3) is 0 Å². The Morgan fingerprint density at radius 1 is 1.29 bits per heavy atom. The molecule has 1 aromatic rings. The molecule has 4 heteroatoms. The first-order chi connectivity index (χ1) is 9.86. The maximum atomic E-state index is 12.1. The summed E-state index contributed by atoms with van der Waals surface area (Å²) in [6, 6.07) is 9.75. The molecule has 0 radical (unpaired) electrons. The van der Waals surface area contributed by atoms with Gasteiger partial charge in [0.05, 0.1) is 13.0 Å². The van der Waals surface area contributed by atoms with Crippen molar-refractivity contribution in [1.82, 2.24) is 0 Å². The highest BCUT2D eigenvalue weighted by Crippen LogP contribution is 2.26. The van der Waals surface area contributed by atoms with Gasteiger partial charge >= 0.3 is 5.97 Å². The van der Waals surface area contributed by atoms with Crippen LogP contribution in [0, 0.1) is 5.41 Å². The van der Waals surface area contributed by atoms with Crippen molar-refractivity contribution >= 4 is 11.8 Å². The molecular weight excluding hydrogens is 268 g/mol. The van der Waals surface area contributed by atoms with Crippen LogP contribution in [0.3, 0.4) is 0 Å². The number of esters is 1. The molecule has 2 atom stereocenters. The third-order valence-electron chi connectivity index (χ3n) is 3.60. The number of carbonyl (C=O) groups is 2. The second-order valence-electron chi connectivity index (χ2n) is 6.44. The van der Waals surface area contributed by atoms with Crippen molar-refractivity contribution in [2.24, 2.45) is 5.41 Å². The lowest BCUT2D eigenvalue weighted by Gasteiger charge is -2.22. The average Bonchev–Trinajstić information content (AvgIpc) is 2.76. The second-order valence-corrected chi connectivity index (χ2v) is 6.44. The quantitative estimate of drug-likeness (QED) is 0.782. The Hall–Kier alpha value is -1.68. The Kier molecular flexibility index (Phi) is 4.78. The molecule has 0 aliphatic carbocycles. The van der Waals surface area contributed by atoms with Crippen LogP contribution < -0.4 is 0 Å². The summed E-state index contributed by atoms with van der Waals surface area (Å²) in [5.74, 6) is -0.213. The monoisotopic (exact) mass is 290 g/mol. The van der Waals surface area contributed by atoms with Gasteiger partial charge in [-0.1, -0.05) is 51.1 Å². The molecule has 0 saturated carbocycles. The highest BCUT2D eigenvalue weighted by Gasteiger charge is 2.38. The van der Waals surface area contributed by atoms with Crippen LogP contribution in [0.1, 0.15) is 39.2 Å². The summed E-state index contributed by atoms with van der Waals surface area (Å²) in [6.45, 7) is 6.02. The summed E-state index contributed by atoms with van der Waals surface area (Å²) < 4.78 is 11.0. The van der Waals surface area contributed by atoms with E-state index < -0.39 is 11.5 Å². The fourth-order valence-electron chi connectivity index (χ4n) is 2.19. The molecule has 0 spiro atoms. The predicted octanol–water partition coefficient (Wildman–Crippen LogP) is 2.89. The van der Waals surface area contributed by atoms with Crippen molar-refractivity contribution < 1.29 is 19.1 Å². The molecule has 0 aromatic heterocycles. The number of benzene rings is 1. The number of carbonyl (C=O) groups excluding carboxylic acids is 2. The van der Waals surface area contributed by atoms with Gasteiger partial charge in [0.2, 0.25) is 0 Å². The highest BCUT2D eigenvalue weighted by molar-refractivity contribution is 5.85. The second kappa shape index (κ2) is 6.39. The molecule has 4 nitrogen and oxygen atoms in total. The normalized spacial score (nSPS) is 22.1. The van der Waals surface area contributed by atoms with Gasteiger partial charge in [-0.05, 0) is 5.56 Å². The molecule has 1 aromatic carbocycles. The summed E-state index contributed by atoms with van der Waals surface area (Å²) in [5.41, 5.74) is 0.608. The first-order valence-electron chi connectivity index (χ1n) is 7.24. The number of ketones is 1. The number of hydrogen-bond donors (Lipinski definition) is 0. The lowest BCUT2D eigenvalue weighted by atomic mass is 9.87. The predicted molar refractivity (Wildman–Crippen MR) is 78.6 cm³/mol. The standard InChI is InChI=1S/C17H22O4/c1-17(2,3)15(18)9-14-13(10-16(19)21-14)20-11-12-7-5-4-6-8-12/h4-8,13-14H,9-11H2,1-3H3/t13-,14+/m0/s1. The smallest absolute Gasteiger partial charge is 0.308 e. The van der Waals surface area contributed by atoms with Crippen molar-refractivity contribution in [3.63, 3.8) is 0 Å². The molecule has 1 heterocycles. The minimum absolute atomic E-state index is 0.0792. The van der Waals surface area contributed by atoms with Gasteiger partial charge in [-0.2, -0.15) is 0 Å². The summed E-state index contributed by atoms with van der Waals surface area (Å²) in [4.78, 5) is 23.6. The minimum atomic E-state index is -0.465. The van der Waals surface area contributed by atoms with Crippen LogP contribution in [0.25, 0.3) is 0 Å². The fraction of sp³-hybridized carbons (Fsp3) is 0.529. The van der Waals surface area contributed by atoms with Crippen molar-refractivity contribution in [3.8, 4) is 0 Å². The Morgan fingerprint density at radius 2 is 1.95 bits per heavy atom. The van der Waals surface area contributed by atoms with E-state index in [1.54, 1.807) is 0 Å². The topological polar surface area (TPSA) is 52.6 Å². The van der Waals surface area contributed by atoms with Gasteiger partial charge in [-0.15, -0.1) is 0 Å². The van der Waals surface area contributed by atoms with Crippen LogP contribution >= 0.6 is 0 Å². The van der Waals surface area contributed by atoms with Crippen LogP contribution in [0.2, 0.25) is 0 Å². The van der Waals surface area contributed by atoms with Crippen molar-refractivity contribution in [2.45, 2.75) is 52.4 Å². The molecule has 1 aliphatic rings. The van der Waals surface area contributed by atoms with E-state index in [9.17, 15) is 9.59 Å². The van der Waals surface area contributed by atoms with E-state index in [4.69, 9.17) is 9.47 Å². The van der Waals surface area contributed by atoms with E-state index >= 15 is 0 Å². The minimum Gasteiger partial charge on any atom is -0.459 e. The molecule has 2 rings (SSSR count).